The summed E-state index contributed by atoms with van der Waals surface area (Å²) in [6.45, 7) is 13.2. The molecule has 0 spiro atoms. The van der Waals surface area contributed by atoms with Crippen molar-refractivity contribution in [2.24, 2.45) is 0 Å². The Kier molecular flexibility index (Phi) is 50.5. The quantitative estimate of drug-likeness (QED) is 0.0447. The fraction of sp³-hybridized carbons (Fsp3) is 0.951. The standard InChI is InChI=1S/C61H120N2O5/c1-8-13-18-23-28-33-43-55-63(59(64)51-42-44-54-62(6)7)56(45-34-29-24-26-31-40-52-60(65)67-57(47-36-19-14-9-2)48-37-20-15-10-3)46-35-30-25-27-32-41-53-61(66)68-58(49-38-21-16-11-4)50-39-22-17-12-5/h56-58H,8-55H2,1-7H3. The number of amides is 1. The number of esters is 2. The van der Waals surface area contributed by atoms with E-state index in [0.717, 1.165) is 96.6 Å². The molecule has 0 aromatic heterocycles. The third-order valence-electron chi connectivity index (χ3n) is 14.5. The van der Waals surface area contributed by atoms with E-state index in [-0.39, 0.29) is 24.1 Å². The van der Waals surface area contributed by atoms with Gasteiger partial charge in [0, 0.05) is 31.8 Å². The third-order valence-corrected chi connectivity index (χ3v) is 14.5. The van der Waals surface area contributed by atoms with Crippen LogP contribution in [-0.2, 0) is 23.9 Å². The summed E-state index contributed by atoms with van der Waals surface area (Å²) in [4.78, 5) is 44.3. The average molecular weight is 962 g/mol. The van der Waals surface area contributed by atoms with E-state index in [0.29, 0.717) is 31.2 Å². The van der Waals surface area contributed by atoms with Crippen molar-refractivity contribution < 1.29 is 23.9 Å². The van der Waals surface area contributed by atoms with Gasteiger partial charge in [0.05, 0.1) is 0 Å². The number of carbonyl (C=O) groups excluding carboxylic acids is 3. The van der Waals surface area contributed by atoms with Crippen LogP contribution in [0.3, 0.4) is 0 Å². The Balaban J connectivity index is 5.19. The van der Waals surface area contributed by atoms with Gasteiger partial charge >= 0.3 is 11.9 Å². The van der Waals surface area contributed by atoms with Gasteiger partial charge in [0.1, 0.15) is 12.2 Å². The molecule has 0 unspecified atom stereocenters. The number of hydrogen-bond donors (Lipinski definition) is 0. The van der Waals surface area contributed by atoms with Crippen LogP contribution in [0.25, 0.3) is 0 Å². The van der Waals surface area contributed by atoms with Gasteiger partial charge in [-0.25, -0.2) is 0 Å². The molecule has 0 aliphatic carbocycles. The first kappa shape index (κ1) is 66.4. The summed E-state index contributed by atoms with van der Waals surface area (Å²) in [5.74, 6) is 0.411. The highest BCUT2D eigenvalue weighted by Gasteiger charge is 2.23. The molecule has 0 saturated carbocycles. The van der Waals surface area contributed by atoms with Crippen molar-refractivity contribution in [3.8, 4) is 0 Å². The molecule has 0 heterocycles. The minimum atomic E-state index is 0.0151. The topological polar surface area (TPSA) is 76.2 Å². The summed E-state index contributed by atoms with van der Waals surface area (Å²) < 4.78 is 12.1. The summed E-state index contributed by atoms with van der Waals surface area (Å²) in [6.07, 6.45) is 52.3. The van der Waals surface area contributed by atoms with Gasteiger partial charge in [-0.15, -0.1) is 0 Å². The molecule has 0 aromatic rings. The van der Waals surface area contributed by atoms with Gasteiger partial charge in [0.25, 0.3) is 0 Å². The normalized spacial score (nSPS) is 11.8. The Hall–Kier alpha value is -1.63. The molecule has 0 aliphatic heterocycles. The van der Waals surface area contributed by atoms with Gasteiger partial charge in [-0.2, -0.15) is 0 Å². The van der Waals surface area contributed by atoms with Crippen LogP contribution in [-0.4, -0.2) is 73.1 Å². The molecule has 404 valence electrons. The highest BCUT2D eigenvalue weighted by Crippen LogP contribution is 2.23. The predicted octanol–water partition coefficient (Wildman–Crippen LogP) is 18.6. The van der Waals surface area contributed by atoms with E-state index in [1.807, 2.05) is 0 Å². The number of unbranched alkanes of at least 4 members (excludes halogenated alkanes) is 29. The molecule has 1 amide bonds. The lowest BCUT2D eigenvalue weighted by Gasteiger charge is -2.33. The molecule has 0 bridgehead atoms. The van der Waals surface area contributed by atoms with Crippen molar-refractivity contribution in [2.45, 2.75) is 348 Å². The largest absolute Gasteiger partial charge is 0.462 e. The molecule has 0 fully saturated rings. The molecular weight excluding hydrogens is 841 g/mol. The highest BCUT2D eigenvalue weighted by molar-refractivity contribution is 5.76. The van der Waals surface area contributed by atoms with Crippen molar-refractivity contribution in [2.75, 3.05) is 27.2 Å². The number of nitrogens with zero attached hydrogens (tertiary/aromatic N) is 2. The lowest BCUT2D eigenvalue weighted by atomic mass is 9.97. The summed E-state index contributed by atoms with van der Waals surface area (Å²) in [5.41, 5.74) is 0. The van der Waals surface area contributed by atoms with Gasteiger partial charge in [0.2, 0.25) is 5.91 Å². The minimum absolute atomic E-state index is 0.0151. The van der Waals surface area contributed by atoms with Crippen LogP contribution >= 0.6 is 0 Å². The molecule has 0 N–H and O–H groups in total. The first-order valence-corrected chi connectivity index (χ1v) is 30.5. The molecule has 0 atom stereocenters. The minimum Gasteiger partial charge on any atom is -0.462 e. The second-order valence-corrected chi connectivity index (χ2v) is 21.6. The lowest BCUT2D eigenvalue weighted by molar-refractivity contribution is -0.151. The van der Waals surface area contributed by atoms with Crippen molar-refractivity contribution in [3.05, 3.63) is 0 Å². The van der Waals surface area contributed by atoms with Crippen LogP contribution in [0.4, 0.5) is 0 Å². The van der Waals surface area contributed by atoms with Crippen LogP contribution in [0, 0.1) is 0 Å². The first-order valence-electron chi connectivity index (χ1n) is 30.5. The van der Waals surface area contributed by atoms with Crippen LogP contribution in [0.15, 0.2) is 0 Å². The van der Waals surface area contributed by atoms with Gasteiger partial charge in [-0.1, -0.05) is 214 Å². The molecular formula is C61H120N2O5. The van der Waals surface area contributed by atoms with E-state index >= 15 is 0 Å². The Labute approximate surface area is 425 Å². The molecule has 0 saturated heterocycles. The number of ether oxygens (including phenoxy) is 2. The van der Waals surface area contributed by atoms with Crippen molar-refractivity contribution in [1.29, 1.82) is 0 Å². The fourth-order valence-corrected chi connectivity index (χ4v) is 9.98. The van der Waals surface area contributed by atoms with E-state index in [4.69, 9.17) is 9.47 Å². The smallest absolute Gasteiger partial charge is 0.306 e. The van der Waals surface area contributed by atoms with Crippen molar-refractivity contribution >= 4 is 17.8 Å². The first-order chi connectivity index (χ1) is 33.2. The maximum Gasteiger partial charge on any atom is 0.306 e. The van der Waals surface area contributed by atoms with Crippen LogP contribution < -0.4 is 0 Å². The van der Waals surface area contributed by atoms with Gasteiger partial charge in [-0.05, 0) is 117 Å². The van der Waals surface area contributed by atoms with Crippen molar-refractivity contribution in [3.63, 3.8) is 0 Å². The molecule has 0 aromatic carbocycles. The van der Waals surface area contributed by atoms with Gasteiger partial charge in [0.15, 0.2) is 0 Å². The van der Waals surface area contributed by atoms with Crippen molar-refractivity contribution in [1.82, 2.24) is 9.80 Å². The monoisotopic (exact) mass is 961 g/mol. The van der Waals surface area contributed by atoms with Gasteiger partial charge < -0.3 is 19.3 Å². The van der Waals surface area contributed by atoms with Gasteiger partial charge in [-0.3, -0.25) is 14.4 Å². The van der Waals surface area contributed by atoms with E-state index < -0.39 is 0 Å². The molecule has 7 heteroatoms. The predicted molar refractivity (Wildman–Crippen MR) is 295 cm³/mol. The second kappa shape index (κ2) is 51.7. The number of hydrogen-bond acceptors (Lipinski definition) is 6. The average Bonchev–Trinajstić information content (AvgIpc) is 3.32. The molecule has 0 rings (SSSR count). The fourth-order valence-electron chi connectivity index (χ4n) is 9.98. The Bertz CT molecular complexity index is 1000. The molecule has 68 heavy (non-hydrogen) atoms. The summed E-state index contributed by atoms with van der Waals surface area (Å²) >= 11 is 0. The molecule has 0 radical (unpaired) electrons. The Morgan fingerprint density at radius 3 is 0.971 bits per heavy atom. The van der Waals surface area contributed by atoms with Crippen LogP contribution in [0.5, 0.6) is 0 Å². The number of rotatable bonds is 54. The zero-order valence-electron chi connectivity index (χ0n) is 47.1. The zero-order valence-corrected chi connectivity index (χ0v) is 47.1. The second-order valence-electron chi connectivity index (χ2n) is 21.6. The van der Waals surface area contributed by atoms with E-state index in [1.165, 1.54) is 193 Å². The van der Waals surface area contributed by atoms with Crippen LogP contribution in [0.1, 0.15) is 330 Å². The highest BCUT2D eigenvalue weighted by atomic mass is 16.5. The lowest BCUT2D eigenvalue weighted by Crippen LogP contribution is -2.41. The zero-order chi connectivity index (χ0) is 50.0. The molecule has 0 aliphatic rings. The summed E-state index contributed by atoms with van der Waals surface area (Å²) in [7, 11) is 4.25. The SMILES string of the molecule is CCCCCCCCCN(C(=O)CCCCN(C)C)C(CCCCCCCCC(=O)OC(CCCCCC)CCCCCC)CCCCCCCCC(=O)OC(CCCCCC)CCCCCC. The maximum atomic E-state index is 14.0. The molecule has 7 nitrogen and oxygen atoms in total. The third kappa shape index (κ3) is 44.3. The summed E-state index contributed by atoms with van der Waals surface area (Å²) in [5, 5.41) is 0. The number of carbonyl (C=O) groups is 3. The maximum absolute atomic E-state index is 14.0. The van der Waals surface area contributed by atoms with Crippen LogP contribution in [0.2, 0.25) is 0 Å². The Morgan fingerprint density at radius 1 is 0.324 bits per heavy atom. The van der Waals surface area contributed by atoms with E-state index in [9.17, 15) is 14.4 Å². The summed E-state index contributed by atoms with van der Waals surface area (Å²) in [6, 6.07) is 0.328. The Morgan fingerprint density at radius 2 is 0.603 bits per heavy atom. The van der Waals surface area contributed by atoms with E-state index in [2.05, 4.69) is 58.5 Å². The van der Waals surface area contributed by atoms with E-state index in [1.54, 1.807) is 0 Å².